The maximum Gasteiger partial charge on any atom is 0.329 e. The smallest absolute Gasteiger partial charge is 0.329 e. The molecule has 0 atom stereocenters. The third kappa shape index (κ3) is 9.30. The van der Waals surface area contributed by atoms with Gasteiger partial charge in [0.05, 0.1) is 22.1 Å². The predicted octanol–water partition coefficient (Wildman–Crippen LogP) is 9.13. The average Bonchev–Trinajstić information content (AvgIpc) is 3.65. The molecule has 0 aliphatic carbocycles. The maximum atomic E-state index is 13.6. The van der Waals surface area contributed by atoms with Crippen molar-refractivity contribution in [3.05, 3.63) is 48.0 Å². The Morgan fingerprint density at radius 2 is 1.02 bits per heavy atom. The Morgan fingerprint density at radius 3 is 1.37 bits per heavy atom. The highest BCUT2D eigenvalue weighted by Crippen LogP contribution is 2.30. The third-order valence-electron chi connectivity index (χ3n) is 7.91. The number of aromatic nitrogens is 4. The summed E-state index contributed by atoms with van der Waals surface area (Å²) in [5.41, 5.74) is 5.51. The van der Waals surface area contributed by atoms with E-state index in [4.69, 9.17) is 19.4 Å². The number of imidazole rings is 2. The number of fused-ring (bicyclic) bond motifs is 2. The standard InChI is InChI=1S/C31H46N6O3Si2.2C2H6/c1-23-32-27-19-25(9-11-29(27)36(23)21-39-15-17-41(3,4)5)34-13-14-35(31(34)38)26-10-12-30-28(20-26)33-24(2)37(30)22-40-16-18-42(6,7)8;2*1-2/h9-12,19-20H,13-18,21-22H2,1-8H3;2*1-2H3. The molecular formula is C35H58N6O3Si2. The number of hydrogen-bond donors (Lipinski definition) is 0. The molecule has 1 fully saturated rings. The summed E-state index contributed by atoms with van der Waals surface area (Å²) in [4.78, 5) is 26.8. The van der Waals surface area contributed by atoms with Crippen LogP contribution in [0.3, 0.4) is 0 Å². The van der Waals surface area contributed by atoms with Crippen LogP contribution in [0.4, 0.5) is 16.2 Å². The Labute approximate surface area is 278 Å². The van der Waals surface area contributed by atoms with Gasteiger partial charge in [-0.2, -0.15) is 0 Å². The lowest BCUT2D eigenvalue weighted by Gasteiger charge is -2.19. The van der Waals surface area contributed by atoms with E-state index in [1.807, 2.05) is 75.6 Å². The maximum absolute atomic E-state index is 13.6. The molecule has 4 aromatic rings. The fraction of sp³-hybridized carbons (Fsp3) is 0.571. The number of aryl methyl sites for hydroxylation is 2. The summed E-state index contributed by atoms with van der Waals surface area (Å²) in [6.07, 6.45) is 0. The summed E-state index contributed by atoms with van der Waals surface area (Å²) in [6.45, 7) is 29.9. The molecule has 0 bridgehead atoms. The Hall–Kier alpha value is -3.00. The minimum Gasteiger partial charge on any atom is -0.361 e. The van der Waals surface area contributed by atoms with Gasteiger partial charge < -0.3 is 18.6 Å². The number of carbonyl (C=O) groups excluding carboxylic acids is 1. The summed E-state index contributed by atoms with van der Waals surface area (Å²) in [5.74, 6) is 1.82. The van der Waals surface area contributed by atoms with Crippen LogP contribution in [0.1, 0.15) is 39.3 Å². The van der Waals surface area contributed by atoms with Crippen LogP contribution in [0.15, 0.2) is 36.4 Å². The van der Waals surface area contributed by atoms with E-state index in [-0.39, 0.29) is 6.03 Å². The number of nitrogens with zero attached hydrogens (tertiary/aromatic N) is 6. The van der Waals surface area contributed by atoms with Crippen LogP contribution in [0.25, 0.3) is 22.1 Å². The van der Waals surface area contributed by atoms with E-state index in [9.17, 15) is 4.79 Å². The number of anilines is 2. The molecule has 2 aromatic heterocycles. The number of carbonyl (C=O) groups is 1. The van der Waals surface area contributed by atoms with Crippen LogP contribution >= 0.6 is 0 Å². The van der Waals surface area contributed by atoms with Gasteiger partial charge in [0.2, 0.25) is 0 Å². The molecule has 46 heavy (non-hydrogen) atoms. The number of rotatable bonds is 12. The molecule has 1 aliphatic rings. The summed E-state index contributed by atoms with van der Waals surface area (Å²) in [5, 5.41) is 0. The number of amides is 2. The van der Waals surface area contributed by atoms with Crippen molar-refractivity contribution >= 4 is 55.6 Å². The molecule has 5 rings (SSSR count). The number of urea groups is 1. The van der Waals surface area contributed by atoms with Crippen LogP contribution in [0.2, 0.25) is 51.4 Å². The summed E-state index contributed by atoms with van der Waals surface area (Å²) >= 11 is 0. The second-order valence-corrected chi connectivity index (χ2v) is 25.0. The fourth-order valence-corrected chi connectivity index (χ4v) is 6.74. The molecular weight excluding hydrogens is 609 g/mol. The molecule has 1 saturated heterocycles. The number of benzene rings is 2. The SMILES string of the molecule is CC.CC.Cc1nc2cc(N3CCN(c4ccc5c(c4)nc(C)n5COCC[Si](C)(C)C)C3=O)ccc2n1COCC[Si](C)(C)C. The minimum absolute atomic E-state index is 0.0367. The van der Waals surface area contributed by atoms with Gasteiger partial charge in [0.25, 0.3) is 0 Å². The molecule has 2 aromatic carbocycles. The van der Waals surface area contributed by atoms with E-state index in [1.165, 1.54) is 0 Å². The minimum atomic E-state index is -1.13. The zero-order chi connectivity index (χ0) is 34.2. The molecule has 9 nitrogen and oxygen atoms in total. The second-order valence-electron chi connectivity index (χ2n) is 13.8. The van der Waals surface area contributed by atoms with Crippen molar-refractivity contribution in [3.8, 4) is 0 Å². The van der Waals surface area contributed by atoms with Crippen molar-refractivity contribution in [1.82, 2.24) is 19.1 Å². The van der Waals surface area contributed by atoms with E-state index >= 15 is 0 Å². The monoisotopic (exact) mass is 666 g/mol. The lowest BCUT2D eigenvalue weighted by atomic mass is 10.2. The highest BCUT2D eigenvalue weighted by atomic mass is 28.3. The van der Waals surface area contributed by atoms with E-state index < -0.39 is 16.1 Å². The van der Waals surface area contributed by atoms with Crippen molar-refractivity contribution < 1.29 is 14.3 Å². The topological polar surface area (TPSA) is 77.7 Å². The van der Waals surface area contributed by atoms with E-state index in [0.717, 1.165) is 70.4 Å². The Morgan fingerprint density at radius 1 is 0.652 bits per heavy atom. The molecule has 0 saturated carbocycles. The van der Waals surface area contributed by atoms with Crippen molar-refractivity contribution in [2.75, 3.05) is 36.1 Å². The van der Waals surface area contributed by atoms with E-state index in [0.29, 0.717) is 26.6 Å². The number of hydrogen-bond acceptors (Lipinski definition) is 5. The van der Waals surface area contributed by atoms with Gasteiger partial charge in [0.15, 0.2) is 0 Å². The van der Waals surface area contributed by atoms with Gasteiger partial charge in [0.1, 0.15) is 25.1 Å². The van der Waals surface area contributed by atoms with Crippen LogP contribution in [-0.2, 0) is 22.9 Å². The second kappa shape index (κ2) is 16.2. The molecule has 0 N–H and O–H groups in total. The van der Waals surface area contributed by atoms with Gasteiger partial charge in [-0.25, -0.2) is 14.8 Å². The Kier molecular flexibility index (Phi) is 13.2. The quantitative estimate of drug-likeness (QED) is 0.111. The molecule has 1 aliphatic heterocycles. The van der Waals surface area contributed by atoms with Crippen molar-refractivity contribution in [3.63, 3.8) is 0 Å². The summed E-state index contributed by atoms with van der Waals surface area (Å²) < 4.78 is 16.2. The number of ether oxygens (including phenoxy) is 2. The highest BCUT2D eigenvalue weighted by molar-refractivity contribution is 6.76. The Balaban J connectivity index is 0.00000139. The van der Waals surface area contributed by atoms with Gasteiger partial charge >= 0.3 is 6.03 Å². The predicted molar refractivity (Wildman–Crippen MR) is 200 cm³/mol. The lowest BCUT2D eigenvalue weighted by molar-refractivity contribution is 0.0884. The molecule has 11 heteroatoms. The molecule has 2 amide bonds. The van der Waals surface area contributed by atoms with Crippen LogP contribution in [0.5, 0.6) is 0 Å². The zero-order valence-electron chi connectivity index (χ0n) is 30.5. The largest absolute Gasteiger partial charge is 0.361 e. The van der Waals surface area contributed by atoms with Crippen LogP contribution in [-0.4, -0.2) is 67.6 Å². The highest BCUT2D eigenvalue weighted by Gasteiger charge is 2.31. The fourth-order valence-electron chi connectivity index (χ4n) is 5.22. The summed E-state index contributed by atoms with van der Waals surface area (Å²) in [6, 6.07) is 14.4. The lowest BCUT2D eigenvalue weighted by Crippen LogP contribution is -2.31. The first-order valence-corrected chi connectivity index (χ1v) is 24.4. The van der Waals surface area contributed by atoms with Gasteiger partial charge in [-0.15, -0.1) is 0 Å². The first-order chi connectivity index (χ1) is 21.8. The van der Waals surface area contributed by atoms with Gasteiger partial charge in [-0.05, 0) is 62.3 Å². The van der Waals surface area contributed by atoms with Crippen molar-refractivity contribution in [2.45, 2.75) is 106 Å². The van der Waals surface area contributed by atoms with Crippen molar-refractivity contribution in [1.29, 1.82) is 0 Å². The van der Waals surface area contributed by atoms with E-state index in [1.54, 1.807) is 0 Å². The van der Waals surface area contributed by atoms with Gasteiger partial charge in [-0.1, -0.05) is 67.0 Å². The van der Waals surface area contributed by atoms with Crippen LogP contribution < -0.4 is 9.80 Å². The first-order valence-electron chi connectivity index (χ1n) is 17.0. The third-order valence-corrected chi connectivity index (χ3v) is 11.3. The molecule has 254 valence electrons. The van der Waals surface area contributed by atoms with Crippen molar-refractivity contribution in [2.24, 2.45) is 0 Å². The van der Waals surface area contributed by atoms with Gasteiger partial charge in [-0.3, -0.25) is 9.80 Å². The normalized spacial score (nSPS) is 13.7. The van der Waals surface area contributed by atoms with E-state index in [2.05, 4.69) is 60.5 Å². The van der Waals surface area contributed by atoms with Gasteiger partial charge in [0, 0.05) is 53.8 Å². The zero-order valence-corrected chi connectivity index (χ0v) is 32.5. The first kappa shape index (κ1) is 37.5. The average molecular weight is 667 g/mol. The molecule has 0 radical (unpaired) electrons. The molecule has 0 spiro atoms. The molecule has 0 unspecified atom stereocenters. The van der Waals surface area contributed by atoms with Crippen LogP contribution in [0, 0.1) is 13.8 Å². The molecule has 3 heterocycles. The Bertz CT molecular complexity index is 1470. The summed E-state index contributed by atoms with van der Waals surface area (Å²) in [7, 11) is -2.27.